The average Bonchev–Trinajstić information content (AvgIpc) is 2.39. The summed E-state index contributed by atoms with van der Waals surface area (Å²) in [6.07, 6.45) is 0. The number of fused-ring (bicyclic) bond motifs is 1. The van der Waals surface area contributed by atoms with Crippen molar-refractivity contribution in [3.63, 3.8) is 0 Å². The van der Waals surface area contributed by atoms with E-state index < -0.39 is 0 Å². The van der Waals surface area contributed by atoms with Crippen LogP contribution in [0.2, 0.25) is 0 Å². The molecule has 2 aromatic carbocycles. The van der Waals surface area contributed by atoms with Gasteiger partial charge >= 0.3 is 5.63 Å². The Kier molecular flexibility index (Phi) is 2.87. The monoisotopic (exact) mass is 349 g/mol. The molecule has 0 saturated heterocycles. The van der Waals surface area contributed by atoms with Crippen molar-refractivity contribution in [2.24, 2.45) is 0 Å². The van der Waals surface area contributed by atoms with Gasteiger partial charge < -0.3 is 4.42 Å². The first-order valence-corrected chi connectivity index (χ1v) is 6.48. The maximum Gasteiger partial charge on any atom is 0.347 e. The van der Waals surface area contributed by atoms with Crippen LogP contribution in [0.4, 0.5) is 0 Å². The molecule has 4 heteroatoms. The SMILES string of the molecule is O=c1oc(-c2ccccc2)nc2cc(I)ccc12. The lowest BCUT2D eigenvalue weighted by atomic mass is 10.2. The van der Waals surface area contributed by atoms with E-state index in [9.17, 15) is 4.79 Å². The van der Waals surface area contributed by atoms with Gasteiger partial charge in [-0.05, 0) is 52.9 Å². The van der Waals surface area contributed by atoms with Crippen LogP contribution < -0.4 is 5.63 Å². The predicted octanol–water partition coefficient (Wildman–Crippen LogP) is 3.46. The highest BCUT2D eigenvalue weighted by Crippen LogP contribution is 2.19. The Labute approximate surface area is 117 Å². The van der Waals surface area contributed by atoms with E-state index in [-0.39, 0.29) is 5.63 Å². The van der Waals surface area contributed by atoms with E-state index in [1.54, 1.807) is 6.07 Å². The van der Waals surface area contributed by atoms with Gasteiger partial charge in [0.2, 0.25) is 5.89 Å². The molecule has 0 aliphatic rings. The molecule has 0 spiro atoms. The smallest absolute Gasteiger partial charge is 0.347 e. The van der Waals surface area contributed by atoms with Gasteiger partial charge in [-0.25, -0.2) is 9.78 Å². The second-order valence-corrected chi connectivity index (χ2v) is 5.08. The third-order valence-electron chi connectivity index (χ3n) is 2.61. The molecule has 0 saturated carbocycles. The lowest BCUT2D eigenvalue weighted by Gasteiger charge is -2.01. The average molecular weight is 349 g/mol. The maximum absolute atomic E-state index is 11.9. The molecule has 1 aromatic heterocycles. The number of benzene rings is 2. The normalized spacial score (nSPS) is 10.7. The van der Waals surface area contributed by atoms with Gasteiger partial charge in [-0.3, -0.25) is 0 Å². The van der Waals surface area contributed by atoms with Gasteiger partial charge in [0.15, 0.2) is 0 Å². The second-order valence-electron chi connectivity index (χ2n) is 3.83. The fourth-order valence-electron chi connectivity index (χ4n) is 1.75. The minimum Gasteiger partial charge on any atom is -0.403 e. The molecule has 0 amide bonds. The van der Waals surface area contributed by atoms with E-state index in [4.69, 9.17) is 4.42 Å². The summed E-state index contributed by atoms with van der Waals surface area (Å²) in [5, 5.41) is 0.509. The first kappa shape index (κ1) is 11.4. The second kappa shape index (κ2) is 4.53. The minimum atomic E-state index is -0.352. The molecule has 0 radical (unpaired) electrons. The highest BCUT2D eigenvalue weighted by molar-refractivity contribution is 14.1. The quantitative estimate of drug-likeness (QED) is 0.632. The minimum absolute atomic E-state index is 0.352. The van der Waals surface area contributed by atoms with Crippen LogP contribution in [0.3, 0.4) is 0 Å². The molecule has 3 rings (SSSR count). The summed E-state index contributed by atoms with van der Waals surface area (Å²) in [6, 6.07) is 14.9. The Hall–Kier alpha value is -1.69. The number of halogens is 1. The van der Waals surface area contributed by atoms with E-state index in [1.807, 2.05) is 42.5 Å². The zero-order valence-electron chi connectivity index (χ0n) is 9.26. The van der Waals surface area contributed by atoms with Crippen LogP contribution in [-0.4, -0.2) is 4.98 Å². The molecular weight excluding hydrogens is 341 g/mol. The Morgan fingerprint density at radius 3 is 2.61 bits per heavy atom. The Morgan fingerprint density at radius 1 is 1.06 bits per heavy atom. The Bertz CT molecular complexity index is 766. The number of rotatable bonds is 1. The van der Waals surface area contributed by atoms with Crippen LogP contribution in [0.25, 0.3) is 22.4 Å². The number of aromatic nitrogens is 1. The molecule has 0 atom stereocenters. The lowest BCUT2D eigenvalue weighted by Crippen LogP contribution is -2.03. The molecule has 3 aromatic rings. The van der Waals surface area contributed by atoms with E-state index in [0.717, 1.165) is 9.13 Å². The number of nitrogens with zero attached hydrogens (tertiary/aromatic N) is 1. The number of hydrogen-bond acceptors (Lipinski definition) is 3. The van der Waals surface area contributed by atoms with Gasteiger partial charge in [-0.15, -0.1) is 0 Å². The van der Waals surface area contributed by atoms with Gasteiger partial charge in [0.1, 0.15) is 0 Å². The molecule has 0 unspecified atom stereocenters. The summed E-state index contributed by atoms with van der Waals surface area (Å²) >= 11 is 2.19. The lowest BCUT2D eigenvalue weighted by molar-refractivity contribution is 0.518. The van der Waals surface area contributed by atoms with Crippen LogP contribution in [0.1, 0.15) is 0 Å². The Morgan fingerprint density at radius 2 is 1.83 bits per heavy atom. The molecule has 0 aliphatic carbocycles. The summed E-state index contributed by atoms with van der Waals surface area (Å²) in [4.78, 5) is 16.3. The number of hydrogen-bond donors (Lipinski definition) is 0. The molecule has 0 bridgehead atoms. The Balaban J connectivity index is 2.30. The highest BCUT2D eigenvalue weighted by Gasteiger charge is 2.08. The summed E-state index contributed by atoms with van der Waals surface area (Å²) in [6.45, 7) is 0. The largest absolute Gasteiger partial charge is 0.403 e. The first-order valence-electron chi connectivity index (χ1n) is 5.40. The van der Waals surface area contributed by atoms with E-state index in [2.05, 4.69) is 27.6 Å². The molecule has 18 heavy (non-hydrogen) atoms. The fraction of sp³-hybridized carbons (Fsp3) is 0. The van der Waals surface area contributed by atoms with Crippen molar-refractivity contribution in [2.45, 2.75) is 0 Å². The van der Waals surface area contributed by atoms with Crippen molar-refractivity contribution in [3.05, 3.63) is 62.5 Å². The van der Waals surface area contributed by atoms with Gasteiger partial charge in [-0.1, -0.05) is 18.2 Å². The van der Waals surface area contributed by atoms with Gasteiger partial charge in [-0.2, -0.15) is 0 Å². The van der Waals surface area contributed by atoms with Crippen LogP contribution >= 0.6 is 22.6 Å². The van der Waals surface area contributed by atoms with E-state index in [1.165, 1.54) is 0 Å². The van der Waals surface area contributed by atoms with Crippen molar-refractivity contribution >= 4 is 33.5 Å². The van der Waals surface area contributed by atoms with Crippen molar-refractivity contribution in [1.82, 2.24) is 4.98 Å². The van der Waals surface area contributed by atoms with E-state index in [0.29, 0.717) is 16.8 Å². The van der Waals surface area contributed by atoms with Gasteiger partial charge in [0.25, 0.3) is 0 Å². The van der Waals surface area contributed by atoms with Gasteiger partial charge in [0.05, 0.1) is 10.9 Å². The van der Waals surface area contributed by atoms with Crippen LogP contribution in [0.15, 0.2) is 57.7 Å². The first-order chi connectivity index (χ1) is 8.74. The van der Waals surface area contributed by atoms with Crippen molar-refractivity contribution in [2.75, 3.05) is 0 Å². The van der Waals surface area contributed by atoms with Crippen LogP contribution in [0.5, 0.6) is 0 Å². The van der Waals surface area contributed by atoms with Crippen LogP contribution in [-0.2, 0) is 0 Å². The van der Waals surface area contributed by atoms with Crippen molar-refractivity contribution in [1.29, 1.82) is 0 Å². The van der Waals surface area contributed by atoms with Crippen molar-refractivity contribution in [3.8, 4) is 11.5 Å². The summed E-state index contributed by atoms with van der Waals surface area (Å²) in [7, 11) is 0. The zero-order valence-corrected chi connectivity index (χ0v) is 11.4. The molecule has 0 fully saturated rings. The maximum atomic E-state index is 11.9. The predicted molar refractivity (Wildman–Crippen MR) is 78.4 cm³/mol. The summed E-state index contributed by atoms with van der Waals surface area (Å²) < 4.78 is 6.29. The fourth-order valence-corrected chi connectivity index (χ4v) is 2.22. The summed E-state index contributed by atoms with van der Waals surface area (Å²) in [5.74, 6) is 0.357. The molecule has 1 heterocycles. The third kappa shape index (κ3) is 2.03. The summed E-state index contributed by atoms with van der Waals surface area (Å²) in [5.41, 5.74) is 1.11. The highest BCUT2D eigenvalue weighted by atomic mass is 127. The topological polar surface area (TPSA) is 43.1 Å². The van der Waals surface area contributed by atoms with E-state index >= 15 is 0 Å². The molecular formula is C14H8INO2. The molecule has 88 valence electrons. The standard InChI is InChI=1S/C14H8INO2/c15-10-6-7-11-12(8-10)16-13(18-14(11)17)9-4-2-1-3-5-9/h1-8H. The molecule has 3 nitrogen and oxygen atoms in total. The molecule has 0 N–H and O–H groups in total. The van der Waals surface area contributed by atoms with Gasteiger partial charge in [0, 0.05) is 9.13 Å². The van der Waals surface area contributed by atoms with Crippen molar-refractivity contribution < 1.29 is 4.42 Å². The van der Waals surface area contributed by atoms with Crippen LogP contribution in [0, 0.1) is 3.57 Å². The molecule has 0 aliphatic heterocycles. The third-order valence-corrected chi connectivity index (χ3v) is 3.28. The zero-order chi connectivity index (χ0) is 12.5.